The molecular weight excluding hydrogens is 466 g/mol. The molecule has 0 bridgehead atoms. The molecule has 0 spiro atoms. The van der Waals surface area contributed by atoms with Crippen LogP contribution >= 0.6 is 0 Å². The van der Waals surface area contributed by atoms with Crippen LogP contribution in [0.1, 0.15) is 11.1 Å². The normalized spacial score (nSPS) is 11.6. The summed E-state index contributed by atoms with van der Waals surface area (Å²) in [5.41, 5.74) is 2.16. The first kappa shape index (κ1) is 24.2. The van der Waals surface area contributed by atoms with E-state index in [1.165, 1.54) is 36.4 Å². The lowest BCUT2D eigenvalue weighted by Crippen LogP contribution is -2.28. The van der Waals surface area contributed by atoms with Crippen LogP contribution in [-0.4, -0.2) is 29.3 Å². The molecule has 0 saturated heterocycles. The Morgan fingerprint density at radius 2 is 1.42 bits per heavy atom. The number of aryl methyl sites for hydroxylation is 1. The van der Waals surface area contributed by atoms with E-state index in [2.05, 4.69) is 10.0 Å². The highest BCUT2D eigenvalue weighted by atomic mass is 32.2. The van der Waals surface area contributed by atoms with Gasteiger partial charge in [-0.3, -0.25) is 9.52 Å². The lowest BCUT2D eigenvalue weighted by molar-refractivity contribution is -0.123. The van der Waals surface area contributed by atoms with E-state index in [9.17, 15) is 21.6 Å². The Morgan fingerprint density at radius 1 is 0.848 bits per heavy atom. The van der Waals surface area contributed by atoms with Crippen LogP contribution in [0.4, 0.5) is 5.69 Å². The van der Waals surface area contributed by atoms with Gasteiger partial charge in [0.05, 0.1) is 9.79 Å². The van der Waals surface area contributed by atoms with E-state index in [0.717, 1.165) is 5.56 Å². The zero-order valence-electron chi connectivity index (χ0n) is 17.7. The number of anilines is 1. The van der Waals surface area contributed by atoms with E-state index in [1.807, 2.05) is 6.92 Å². The van der Waals surface area contributed by atoms with Gasteiger partial charge in [0.25, 0.3) is 15.9 Å². The number of hydrogen-bond donors (Lipinski definition) is 3. The highest BCUT2D eigenvalue weighted by Gasteiger charge is 2.14. The lowest BCUT2D eigenvalue weighted by atomic mass is 10.2. The van der Waals surface area contributed by atoms with Gasteiger partial charge in [-0.05, 0) is 61.0 Å². The number of primary sulfonamides is 1. The van der Waals surface area contributed by atoms with Crippen molar-refractivity contribution < 1.29 is 26.4 Å². The number of nitrogens with two attached hydrogens (primary N) is 1. The summed E-state index contributed by atoms with van der Waals surface area (Å²) < 4.78 is 55.4. The third-order valence-electron chi connectivity index (χ3n) is 4.55. The molecule has 4 N–H and O–H groups in total. The van der Waals surface area contributed by atoms with Crippen molar-refractivity contribution >= 4 is 31.6 Å². The molecule has 33 heavy (non-hydrogen) atoms. The van der Waals surface area contributed by atoms with Crippen LogP contribution in [0.5, 0.6) is 5.75 Å². The van der Waals surface area contributed by atoms with Gasteiger partial charge in [-0.1, -0.05) is 29.8 Å². The number of hydrogen-bond acceptors (Lipinski definition) is 6. The highest BCUT2D eigenvalue weighted by Crippen LogP contribution is 2.19. The summed E-state index contributed by atoms with van der Waals surface area (Å²) in [4.78, 5) is 12.1. The second kappa shape index (κ2) is 10.0. The fraction of sp³-hybridized carbons (Fsp3) is 0.136. The number of rotatable bonds is 9. The molecule has 0 heterocycles. The molecule has 11 heteroatoms. The van der Waals surface area contributed by atoms with Crippen LogP contribution in [0.2, 0.25) is 0 Å². The van der Waals surface area contributed by atoms with Crippen molar-refractivity contribution in [3.05, 3.63) is 83.9 Å². The molecule has 3 rings (SSSR count). The van der Waals surface area contributed by atoms with E-state index in [1.54, 1.807) is 36.4 Å². The molecule has 1 amide bonds. The summed E-state index contributed by atoms with van der Waals surface area (Å²) in [7, 11) is -7.53. The van der Waals surface area contributed by atoms with Crippen molar-refractivity contribution in [3.63, 3.8) is 0 Å². The molecule has 0 aliphatic carbocycles. The van der Waals surface area contributed by atoms with Crippen molar-refractivity contribution in [1.82, 2.24) is 5.32 Å². The van der Waals surface area contributed by atoms with E-state index < -0.39 is 26.0 Å². The third-order valence-corrected chi connectivity index (χ3v) is 6.88. The SMILES string of the molecule is Cc1ccc(NS(=O)(=O)c2ccc(OCC(=O)NCc3ccc(S(N)(=O)=O)cc3)cc2)cc1. The number of carbonyl (C=O) groups is 1. The number of amides is 1. The van der Waals surface area contributed by atoms with Gasteiger partial charge < -0.3 is 10.1 Å². The van der Waals surface area contributed by atoms with Crippen LogP contribution < -0.4 is 19.9 Å². The molecule has 0 aromatic heterocycles. The fourth-order valence-electron chi connectivity index (χ4n) is 2.75. The largest absolute Gasteiger partial charge is 0.484 e. The van der Waals surface area contributed by atoms with Crippen molar-refractivity contribution in [3.8, 4) is 5.75 Å². The standard InChI is InChI=1S/C22H23N3O6S2/c1-16-2-6-18(7-3-16)25-33(29,30)21-12-8-19(9-13-21)31-15-22(26)24-14-17-4-10-20(11-5-17)32(23,27)28/h2-13,25H,14-15H2,1H3,(H,24,26)(H2,23,27,28). The number of ether oxygens (including phenoxy) is 1. The van der Waals surface area contributed by atoms with E-state index >= 15 is 0 Å². The van der Waals surface area contributed by atoms with Gasteiger partial charge in [0.1, 0.15) is 5.75 Å². The molecule has 3 aromatic rings. The van der Waals surface area contributed by atoms with Crippen LogP contribution in [0, 0.1) is 6.92 Å². The summed E-state index contributed by atoms with van der Waals surface area (Å²) in [5.74, 6) is -0.0693. The monoisotopic (exact) mass is 489 g/mol. The van der Waals surface area contributed by atoms with E-state index in [4.69, 9.17) is 9.88 Å². The van der Waals surface area contributed by atoms with E-state index in [-0.39, 0.29) is 22.9 Å². The minimum absolute atomic E-state index is 0.0135. The minimum atomic E-state index is -3.77. The first-order valence-corrected chi connectivity index (χ1v) is 12.8. The lowest BCUT2D eigenvalue weighted by Gasteiger charge is -2.10. The van der Waals surface area contributed by atoms with Gasteiger partial charge in [-0.25, -0.2) is 22.0 Å². The Labute approximate surface area is 192 Å². The zero-order valence-corrected chi connectivity index (χ0v) is 19.3. The predicted molar refractivity (Wildman–Crippen MR) is 124 cm³/mol. The minimum Gasteiger partial charge on any atom is -0.484 e. The summed E-state index contributed by atoms with van der Waals surface area (Å²) in [6.45, 7) is 1.81. The second-order valence-corrected chi connectivity index (χ2v) is 10.4. The molecule has 0 atom stereocenters. The van der Waals surface area contributed by atoms with E-state index in [0.29, 0.717) is 17.0 Å². The Bertz CT molecular complexity index is 1320. The van der Waals surface area contributed by atoms with Crippen molar-refractivity contribution in [2.24, 2.45) is 5.14 Å². The predicted octanol–water partition coefficient (Wildman–Crippen LogP) is 2.14. The smallest absolute Gasteiger partial charge is 0.261 e. The van der Waals surface area contributed by atoms with Crippen LogP contribution in [0.15, 0.2) is 82.6 Å². The maximum atomic E-state index is 12.5. The highest BCUT2D eigenvalue weighted by molar-refractivity contribution is 7.92. The molecule has 0 saturated carbocycles. The van der Waals surface area contributed by atoms with Crippen molar-refractivity contribution in [1.29, 1.82) is 0 Å². The summed E-state index contributed by atoms with van der Waals surface area (Å²) in [5, 5.41) is 7.69. The number of sulfonamides is 2. The van der Waals surface area contributed by atoms with Crippen LogP contribution in [0.25, 0.3) is 0 Å². The molecular formula is C22H23N3O6S2. The summed E-state index contributed by atoms with van der Waals surface area (Å²) in [6.07, 6.45) is 0. The molecule has 174 valence electrons. The van der Waals surface area contributed by atoms with Crippen molar-refractivity contribution in [2.45, 2.75) is 23.3 Å². The fourth-order valence-corrected chi connectivity index (χ4v) is 4.32. The van der Waals surface area contributed by atoms with Crippen LogP contribution in [0.3, 0.4) is 0 Å². The average Bonchev–Trinajstić information content (AvgIpc) is 2.77. The third kappa shape index (κ3) is 7.04. The number of nitrogens with one attached hydrogen (secondary N) is 2. The Hall–Kier alpha value is -3.41. The maximum absolute atomic E-state index is 12.5. The molecule has 3 aromatic carbocycles. The Kier molecular flexibility index (Phi) is 7.36. The van der Waals surface area contributed by atoms with Gasteiger partial charge in [-0.2, -0.15) is 0 Å². The van der Waals surface area contributed by atoms with Gasteiger partial charge in [0.15, 0.2) is 6.61 Å². The maximum Gasteiger partial charge on any atom is 0.261 e. The molecule has 0 radical (unpaired) electrons. The van der Waals surface area contributed by atoms with Gasteiger partial charge >= 0.3 is 0 Å². The molecule has 0 aliphatic rings. The second-order valence-electron chi connectivity index (χ2n) is 7.20. The molecule has 0 fully saturated rings. The first-order valence-electron chi connectivity index (χ1n) is 9.74. The molecule has 0 unspecified atom stereocenters. The van der Waals surface area contributed by atoms with Gasteiger partial charge in [0.2, 0.25) is 10.0 Å². The zero-order chi connectivity index (χ0) is 24.1. The Morgan fingerprint density at radius 3 is 2.00 bits per heavy atom. The quantitative estimate of drug-likeness (QED) is 0.420. The number of benzene rings is 3. The average molecular weight is 490 g/mol. The first-order chi connectivity index (χ1) is 15.5. The topological polar surface area (TPSA) is 145 Å². The summed E-state index contributed by atoms with van der Waals surface area (Å²) in [6, 6.07) is 18.5. The summed E-state index contributed by atoms with van der Waals surface area (Å²) >= 11 is 0. The van der Waals surface area contributed by atoms with Crippen LogP contribution in [-0.2, 0) is 31.4 Å². The Balaban J connectivity index is 1.50. The van der Waals surface area contributed by atoms with Gasteiger partial charge in [-0.15, -0.1) is 0 Å². The molecule has 0 aliphatic heterocycles. The van der Waals surface area contributed by atoms with Crippen molar-refractivity contribution in [2.75, 3.05) is 11.3 Å². The number of carbonyl (C=O) groups excluding carboxylic acids is 1. The van der Waals surface area contributed by atoms with Gasteiger partial charge in [0, 0.05) is 12.2 Å². The molecule has 9 nitrogen and oxygen atoms in total.